The van der Waals surface area contributed by atoms with Gasteiger partial charge in [-0.05, 0) is 38.0 Å². The van der Waals surface area contributed by atoms with Crippen LogP contribution in [0.3, 0.4) is 0 Å². The van der Waals surface area contributed by atoms with Gasteiger partial charge in [0.05, 0.1) is 12.6 Å². The van der Waals surface area contributed by atoms with E-state index >= 15 is 0 Å². The van der Waals surface area contributed by atoms with E-state index in [1.54, 1.807) is 0 Å². The highest BCUT2D eigenvalue weighted by Gasteiger charge is 2.27. The van der Waals surface area contributed by atoms with Crippen molar-refractivity contribution in [1.82, 2.24) is 25.4 Å². The average Bonchev–Trinajstić information content (AvgIpc) is 2.91. The smallest absolute Gasteiger partial charge is 0.315 e. The van der Waals surface area contributed by atoms with Gasteiger partial charge in [-0.3, -0.25) is 0 Å². The van der Waals surface area contributed by atoms with Crippen LogP contribution in [0.2, 0.25) is 0 Å². The van der Waals surface area contributed by atoms with Crippen molar-refractivity contribution in [2.45, 2.75) is 65.5 Å². The minimum Gasteiger partial charge on any atom is -0.396 e. The predicted octanol–water partition coefficient (Wildman–Crippen LogP) is 1.39. The van der Waals surface area contributed by atoms with Crippen molar-refractivity contribution in [2.24, 2.45) is 5.41 Å². The minimum absolute atomic E-state index is 0.0190. The zero-order valence-electron chi connectivity index (χ0n) is 14.4. The number of rotatable bonds is 7. The lowest BCUT2D eigenvalue weighted by molar-refractivity contribution is 0.162. The van der Waals surface area contributed by atoms with E-state index in [1.807, 2.05) is 11.6 Å². The highest BCUT2D eigenvalue weighted by molar-refractivity contribution is 5.74. The van der Waals surface area contributed by atoms with Crippen molar-refractivity contribution in [2.75, 3.05) is 13.2 Å². The molecule has 1 aromatic heterocycles. The first kappa shape index (κ1) is 17.7. The van der Waals surface area contributed by atoms with Crippen LogP contribution in [0.1, 0.15) is 51.2 Å². The van der Waals surface area contributed by atoms with E-state index in [9.17, 15) is 9.90 Å². The first-order chi connectivity index (χ1) is 11.0. The normalized spacial score (nSPS) is 17.7. The number of urea groups is 1. The number of hydrogen-bond donors (Lipinski definition) is 3. The third-order valence-electron chi connectivity index (χ3n) is 5.07. The number of aromatic nitrogens is 3. The summed E-state index contributed by atoms with van der Waals surface area (Å²) in [6.45, 7) is 7.52. The number of aliphatic hydroxyl groups is 1. The Morgan fingerprint density at radius 1 is 1.43 bits per heavy atom. The first-order valence-electron chi connectivity index (χ1n) is 8.57. The second-order valence-electron chi connectivity index (χ2n) is 6.50. The van der Waals surface area contributed by atoms with E-state index in [4.69, 9.17) is 0 Å². The molecule has 0 aromatic carbocycles. The lowest BCUT2D eigenvalue weighted by atomic mass is 9.79. The maximum atomic E-state index is 12.2. The summed E-state index contributed by atoms with van der Waals surface area (Å²) in [6, 6.07) is -0.0569. The Balaban J connectivity index is 1.83. The van der Waals surface area contributed by atoms with Crippen LogP contribution in [-0.4, -0.2) is 45.1 Å². The molecule has 130 valence electrons. The molecule has 0 spiro atoms. The van der Waals surface area contributed by atoms with Crippen LogP contribution >= 0.6 is 0 Å². The predicted molar refractivity (Wildman–Crippen MR) is 88.1 cm³/mol. The molecule has 0 saturated carbocycles. The monoisotopic (exact) mass is 323 g/mol. The molecule has 2 heterocycles. The number of carbonyl (C=O) groups excluding carboxylic acids is 1. The number of nitrogens with zero attached hydrogens (tertiary/aromatic N) is 3. The van der Waals surface area contributed by atoms with Gasteiger partial charge in [0.1, 0.15) is 11.6 Å². The van der Waals surface area contributed by atoms with Gasteiger partial charge in [0.25, 0.3) is 0 Å². The molecule has 2 amide bonds. The van der Waals surface area contributed by atoms with E-state index in [0.29, 0.717) is 19.5 Å². The van der Waals surface area contributed by atoms with Gasteiger partial charge in [0.2, 0.25) is 0 Å². The summed E-state index contributed by atoms with van der Waals surface area (Å²) in [5, 5.41) is 19.6. The van der Waals surface area contributed by atoms with Crippen LogP contribution in [0.15, 0.2) is 0 Å². The Bertz CT molecular complexity index is 525. The molecule has 1 unspecified atom stereocenters. The summed E-state index contributed by atoms with van der Waals surface area (Å²) in [4.78, 5) is 16.6. The Morgan fingerprint density at radius 3 is 2.83 bits per heavy atom. The van der Waals surface area contributed by atoms with Gasteiger partial charge in [-0.2, -0.15) is 5.10 Å². The molecular weight excluding hydrogens is 294 g/mol. The van der Waals surface area contributed by atoms with Crippen LogP contribution < -0.4 is 10.6 Å². The van der Waals surface area contributed by atoms with Gasteiger partial charge >= 0.3 is 6.03 Å². The van der Waals surface area contributed by atoms with E-state index in [-0.39, 0.29) is 24.1 Å². The highest BCUT2D eigenvalue weighted by Crippen LogP contribution is 2.29. The molecule has 1 aromatic rings. The number of fused-ring (bicyclic) bond motifs is 1. The van der Waals surface area contributed by atoms with Crippen molar-refractivity contribution in [3.05, 3.63) is 11.6 Å². The summed E-state index contributed by atoms with van der Waals surface area (Å²) in [7, 11) is 0. The first-order valence-corrected chi connectivity index (χ1v) is 8.57. The standard InChI is InChI=1S/C16H29N5O2/c1-4-16(5-2,8-9-22)11-17-15(23)19-13-6-7-14-18-12(3)20-21(14)10-13/h13,22H,4-11H2,1-3H3,(H2,17,19,23). The highest BCUT2D eigenvalue weighted by atomic mass is 16.3. The lowest BCUT2D eigenvalue weighted by Crippen LogP contribution is -2.48. The zero-order chi connectivity index (χ0) is 16.9. The van der Waals surface area contributed by atoms with Gasteiger partial charge in [-0.15, -0.1) is 0 Å². The van der Waals surface area contributed by atoms with Gasteiger partial charge < -0.3 is 15.7 Å². The molecule has 2 rings (SSSR count). The molecule has 23 heavy (non-hydrogen) atoms. The van der Waals surface area contributed by atoms with Crippen molar-refractivity contribution >= 4 is 6.03 Å². The fourth-order valence-electron chi connectivity index (χ4n) is 3.23. The van der Waals surface area contributed by atoms with Gasteiger partial charge in [0, 0.05) is 19.6 Å². The molecule has 7 heteroatoms. The van der Waals surface area contributed by atoms with E-state index in [2.05, 4.69) is 34.6 Å². The van der Waals surface area contributed by atoms with Crippen molar-refractivity contribution in [3.63, 3.8) is 0 Å². The molecule has 0 fully saturated rings. The van der Waals surface area contributed by atoms with Crippen LogP contribution in [-0.2, 0) is 13.0 Å². The van der Waals surface area contributed by atoms with Gasteiger partial charge in [0.15, 0.2) is 0 Å². The fraction of sp³-hybridized carbons (Fsp3) is 0.812. The maximum Gasteiger partial charge on any atom is 0.315 e. The molecule has 1 aliphatic heterocycles. The number of aliphatic hydroxyl groups excluding tert-OH is 1. The van der Waals surface area contributed by atoms with Crippen molar-refractivity contribution in [3.8, 4) is 0 Å². The number of aryl methyl sites for hydroxylation is 2. The second-order valence-corrected chi connectivity index (χ2v) is 6.50. The average molecular weight is 323 g/mol. The largest absolute Gasteiger partial charge is 0.396 e. The lowest BCUT2D eigenvalue weighted by Gasteiger charge is -2.32. The number of amides is 2. The number of carbonyl (C=O) groups is 1. The summed E-state index contributed by atoms with van der Waals surface area (Å²) < 4.78 is 1.89. The summed E-state index contributed by atoms with van der Waals surface area (Å²) >= 11 is 0. The van der Waals surface area contributed by atoms with Gasteiger partial charge in [-0.1, -0.05) is 13.8 Å². The molecule has 1 atom stereocenters. The maximum absolute atomic E-state index is 12.2. The Kier molecular flexibility index (Phi) is 5.98. The van der Waals surface area contributed by atoms with E-state index < -0.39 is 0 Å². The van der Waals surface area contributed by atoms with E-state index in [0.717, 1.165) is 37.3 Å². The molecule has 0 radical (unpaired) electrons. The number of nitrogens with one attached hydrogen (secondary N) is 2. The molecule has 0 aliphatic carbocycles. The molecule has 3 N–H and O–H groups in total. The fourth-order valence-corrected chi connectivity index (χ4v) is 3.23. The van der Waals surface area contributed by atoms with Crippen LogP contribution in [0.4, 0.5) is 4.79 Å². The zero-order valence-corrected chi connectivity index (χ0v) is 14.4. The van der Waals surface area contributed by atoms with Crippen LogP contribution in [0.5, 0.6) is 0 Å². The second kappa shape index (κ2) is 7.77. The van der Waals surface area contributed by atoms with Crippen molar-refractivity contribution in [1.29, 1.82) is 0 Å². The molecule has 0 saturated heterocycles. The third-order valence-corrected chi connectivity index (χ3v) is 5.07. The number of hydrogen-bond acceptors (Lipinski definition) is 4. The topological polar surface area (TPSA) is 92.1 Å². The molecule has 7 nitrogen and oxygen atoms in total. The van der Waals surface area contributed by atoms with E-state index in [1.165, 1.54) is 0 Å². The van der Waals surface area contributed by atoms with Gasteiger partial charge in [-0.25, -0.2) is 14.5 Å². The quantitative estimate of drug-likeness (QED) is 0.707. The Hall–Kier alpha value is -1.63. The minimum atomic E-state index is -0.139. The summed E-state index contributed by atoms with van der Waals surface area (Å²) in [5.41, 5.74) is -0.0190. The van der Waals surface area contributed by atoms with Crippen molar-refractivity contribution < 1.29 is 9.90 Å². The SMILES string of the molecule is CCC(CC)(CCO)CNC(=O)NC1CCc2nc(C)nn2C1. The molecule has 1 aliphatic rings. The van der Waals surface area contributed by atoms with Crippen LogP contribution in [0.25, 0.3) is 0 Å². The molecule has 0 bridgehead atoms. The molecular formula is C16H29N5O2. The van der Waals surface area contributed by atoms with Crippen LogP contribution in [0, 0.1) is 12.3 Å². The summed E-state index contributed by atoms with van der Waals surface area (Å²) in [6.07, 6.45) is 4.31. The Morgan fingerprint density at radius 2 is 2.17 bits per heavy atom. The Labute approximate surface area is 137 Å². The summed E-state index contributed by atoms with van der Waals surface area (Å²) in [5.74, 6) is 1.78. The third kappa shape index (κ3) is 4.43.